The van der Waals surface area contributed by atoms with Gasteiger partial charge in [-0.05, 0) is 30.2 Å². The highest BCUT2D eigenvalue weighted by molar-refractivity contribution is 5.83. The van der Waals surface area contributed by atoms with E-state index in [-0.39, 0.29) is 5.91 Å². The maximum Gasteiger partial charge on any atom is 0.344 e. The third-order valence-electron chi connectivity index (χ3n) is 4.75. The number of carbonyl (C=O) groups is 2. The summed E-state index contributed by atoms with van der Waals surface area (Å²) >= 11 is 0. The number of amides is 1. The van der Waals surface area contributed by atoms with E-state index in [1.165, 1.54) is 0 Å². The number of hydrogen-bond donors (Lipinski definition) is 0. The molecule has 0 aliphatic heterocycles. The van der Waals surface area contributed by atoms with Crippen molar-refractivity contribution in [1.82, 2.24) is 4.90 Å². The van der Waals surface area contributed by atoms with Crippen LogP contribution in [0.15, 0.2) is 84.9 Å². The Kier molecular flexibility index (Phi) is 7.99. The lowest BCUT2D eigenvalue weighted by Gasteiger charge is -2.26. The second-order valence-electron chi connectivity index (χ2n) is 7.19. The molecule has 0 spiro atoms. The summed E-state index contributed by atoms with van der Waals surface area (Å²) in [6.45, 7) is 1.94. The number of ether oxygens (including phenoxy) is 2. The predicted octanol–water partition coefficient (Wildman–Crippen LogP) is 4.10. The fourth-order valence-corrected chi connectivity index (χ4v) is 3.18. The summed E-state index contributed by atoms with van der Waals surface area (Å²) in [6, 6.07) is 27.9. The van der Waals surface area contributed by atoms with Crippen molar-refractivity contribution in [3.05, 3.63) is 102 Å². The number of nitrogens with zero attached hydrogens (tertiary/aromatic N) is 2. The molecule has 6 nitrogen and oxygen atoms in total. The summed E-state index contributed by atoms with van der Waals surface area (Å²) in [4.78, 5) is 27.1. The van der Waals surface area contributed by atoms with Crippen LogP contribution in [0.4, 0.5) is 0 Å². The molecule has 1 atom stereocenters. The van der Waals surface area contributed by atoms with Gasteiger partial charge >= 0.3 is 5.97 Å². The molecule has 3 aromatic carbocycles. The van der Waals surface area contributed by atoms with Crippen LogP contribution in [0.5, 0.6) is 5.75 Å². The molecule has 0 N–H and O–H groups in total. The summed E-state index contributed by atoms with van der Waals surface area (Å²) in [5, 5.41) is 9.11. The molecule has 0 aliphatic carbocycles. The molecule has 0 fully saturated rings. The first-order valence-electron chi connectivity index (χ1n) is 10.2. The maximum absolute atomic E-state index is 13.1. The molecule has 0 bridgehead atoms. The van der Waals surface area contributed by atoms with E-state index in [1.807, 2.05) is 66.7 Å². The monoisotopic (exact) mass is 428 g/mol. The van der Waals surface area contributed by atoms with Crippen LogP contribution in [-0.2, 0) is 27.4 Å². The number of benzene rings is 3. The van der Waals surface area contributed by atoms with E-state index in [4.69, 9.17) is 14.7 Å². The Bertz CT molecular complexity index is 1040. The zero-order valence-electron chi connectivity index (χ0n) is 17.8. The Labute approximate surface area is 187 Å². The third-order valence-corrected chi connectivity index (χ3v) is 4.75. The van der Waals surface area contributed by atoms with E-state index in [0.29, 0.717) is 24.4 Å². The smallest absolute Gasteiger partial charge is 0.344 e. The Morgan fingerprint density at radius 3 is 1.97 bits per heavy atom. The summed E-state index contributed by atoms with van der Waals surface area (Å²) in [7, 11) is 0. The number of esters is 1. The first kappa shape index (κ1) is 22.6. The van der Waals surface area contributed by atoms with Gasteiger partial charge in [0.15, 0.2) is 12.7 Å². The van der Waals surface area contributed by atoms with Gasteiger partial charge in [0.05, 0.1) is 5.56 Å². The molecular formula is C26H24N2O4. The van der Waals surface area contributed by atoms with Crippen molar-refractivity contribution in [3.63, 3.8) is 0 Å². The molecule has 6 heteroatoms. The minimum absolute atomic E-state index is 0.292. The van der Waals surface area contributed by atoms with Gasteiger partial charge in [-0.25, -0.2) is 4.79 Å². The van der Waals surface area contributed by atoms with Crippen LogP contribution in [-0.4, -0.2) is 29.5 Å². The second-order valence-corrected chi connectivity index (χ2v) is 7.19. The number of nitriles is 1. The van der Waals surface area contributed by atoms with Crippen LogP contribution in [0.3, 0.4) is 0 Å². The van der Waals surface area contributed by atoms with E-state index in [0.717, 1.165) is 11.1 Å². The standard InChI is InChI=1S/C26H24N2O4/c1-20(32-25(29)19-31-24-15-9-8-14-23(24)16-27)26(30)28(17-21-10-4-2-5-11-21)18-22-12-6-3-7-13-22/h2-15,20H,17-19H2,1H3. The lowest BCUT2D eigenvalue weighted by atomic mass is 10.1. The van der Waals surface area contributed by atoms with E-state index >= 15 is 0 Å². The first-order chi connectivity index (χ1) is 15.6. The van der Waals surface area contributed by atoms with Gasteiger partial charge in [0, 0.05) is 13.1 Å². The quantitative estimate of drug-likeness (QED) is 0.480. The molecule has 0 aliphatic rings. The largest absolute Gasteiger partial charge is 0.481 e. The van der Waals surface area contributed by atoms with E-state index < -0.39 is 18.7 Å². The van der Waals surface area contributed by atoms with E-state index in [9.17, 15) is 9.59 Å². The number of carbonyl (C=O) groups excluding carboxylic acids is 2. The maximum atomic E-state index is 13.1. The van der Waals surface area contributed by atoms with Gasteiger partial charge in [0.1, 0.15) is 11.8 Å². The normalized spacial score (nSPS) is 11.1. The van der Waals surface area contributed by atoms with Gasteiger partial charge in [0.2, 0.25) is 0 Å². The molecule has 0 radical (unpaired) electrons. The fourth-order valence-electron chi connectivity index (χ4n) is 3.18. The Morgan fingerprint density at radius 2 is 1.41 bits per heavy atom. The average Bonchev–Trinajstić information content (AvgIpc) is 2.83. The Morgan fingerprint density at radius 1 is 0.875 bits per heavy atom. The van der Waals surface area contributed by atoms with Crippen LogP contribution in [0.1, 0.15) is 23.6 Å². The minimum atomic E-state index is -0.982. The van der Waals surface area contributed by atoms with Crippen LogP contribution >= 0.6 is 0 Å². The van der Waals surface area contributed by atoms with Gasteiger partial charge in [0.25, 0.3) is 5.91 Å². The Hall–Kier alpha value is -4.11. The van der Waals surface area contributed by atoms with Crippen molar-refractivity contribution in [1.29, 1.82) is 5.26 Å². The van der Waals surface area contributed by atoms with E-state index in [2.05, 4.69) is 0 Å². The average molecular weight is 428 g/mol. The lowest BCUT2D eigenvalue weighted by molar-refractivity contribution is -0.161. The van der Waals surface area contributed by atoms with E-state index in [1.54, 1.807) is 36.1 Å². The molecule has 32 heavy (non-hydrogen) atoms. The summed E-state index contributed by atoms with van der Waals surface area (Å²) in [5.74, 6) is -0.692. The number of rotatable bonds is 9. The predicted molar refractivity (Wildman–Crippen MR) is 119 cm³/mol. The number of hydrogen-bond acceptors (Lipinski definition) is 5. The van der Waals surface area contributed by atoms with Crippen LogP contribution in [0.25, 0.3) is 0 Å². The van der Waals surface area contributed by atoms with Gasteiger partial charge in [-0.2, -0.15) is 5.26 Å². The fraction of sp³-hybridized carbons (Fsp3) is 0.192. The van der Waals surface area contributed by atoms with Crippen molar-refractivity contribution in [3.8, 4) is 11.8 Å². The van der Waals surface area contributed by atoms with Gasteiger partial charge < -0.3 is 14.4 Å². The lowest BCUT2D eigenvalue weighted by Crippen LogP contribution is -2.39. The second kappa shape index (κ2) is 11.3. The minimum Gasteiger partial charge on any atom is -0.481 e. The van der Waals surface area contributed by atoms with Gasteiger partial charge in [-0.1, -0.05) is 72.8 Å². The molecule has 0 saturated carbocycles. The van der Waals surface area contributed by atoms with Gasteiger partial charge in [-0.3, -0.25) is 4.79 Å². The molecular weight excluding hydrogens is 404 g/mol. The van der Waals surface area contributed by atoms with Crippen molar-refractivity contribution in [2.24, 2.45) is 0 Å². The molecule has 0 saturated heterocycles. The van der Waals surface area contributed by atoms with Gasteiger partial charge in [-0.15, -0.1) is 0 Å². The molecule has 1 amide bonds. The Balaban J connectivity index is 1.63. The van der Waals surface area contributed by atoms with Crippen molar-refractivity contribution in [2.45, 2.75) is 26.1 Å². The molecule has 0 heterocycles. The molecule has 3 rings (SSSR count). The SMILES string of the molecule is CC(OC(=O)COc1ccccc1C#N)C(=O)N(Cc1ccccc1)Cc1ccccc1. The molecule has 162 valence electrons. The third kappa shape index (κ3) is 6.44. The highest BCUT2D eigenvalue weighted by atomic mass is 16.6. The summed E-state index contributed by atoms with van der Waals surface area (Å²) in [5.41, 5.74) is 2.28. The summed E-state index contributed by atoms with van der Waals surface area (Å²) in [6.07, 6.45) is -0.982. The van der Waals surface area contributed by atoms with Crippen LogP contribution < -0.4 is 4.74 Å². The van der Waals surface area contributed by atoms with Crippen LogP contribution in [0.2, 0.25) is 0 Å². The molecule has 3 aromatic rings. The highest BCUT2D eigenvalue weighted by Gasteiger charge is 2.24. The zero-order valence-corrected chi connectivity index (χ0v) is 17.8. The van der Waals surface area contributed by atoms with Crippen molar-refractivity contribution < 1.29 is 19.1 Å². The van der Waals surface area contributed by atoms with Crippen molar-refractivity contribution >= 4 is 11.9 Å². The van der Waals surface area contributed by atoms with Crippen LogP contribution in [0, 0.1) is 11.3 Å². The molecule has 1 unspecified atom stereocenters. The highest BCUT2D eigenvalue weighted by Crippen LogP contribution is 2.17. The zero-order chi connectivity index (χ0) is 22.8. The molecule has 0 aromatic heterocycles. The number of para-hydroxylation sites is 1. The van der Waals surface area contributed by atoms with Crippen molar-refractivity contribution in [2.75, 3.05) is 6.61 Å². The topological polar surface area (TPSA) is 79.6 Å². The summed E-state index contributed by atoms with van der Waals surface area (Å²) < 4.78 is 10.7. The first-order valence-corrected chi connectivity index (χ1v) is 10.2.